The van der Waals surface area contributed by atoms with Crippen molar-refractivity contribution in [2.45, 2.75) is 31.6 Å². The SMILES string of the molecule is CCCc1c(N)n[nH]c1C12COCC1C2. The van der Waals surface area contributed by atoms with E-state index in [2.05, 4.69) is 17.1 Å². The van der Waals surface area contributed by atoms with Crippen LogP contribution in [0.25, 0.3) is 0 Å². The number of hydrogen-bond donors (Lipinski definition) is 2. The van der Waals surface area contributed by atoms with E-state index in [0.717, 1.165) is 26.1 Å². The molecule has 4 nitrogen and oxygen atoms in total. The first kappa shape index (κ1) is 9.21. The molecular weight excluding hydrogens is 190 g/mol. The summed E-state index contributed by atoms with van der Waals surface area (Å²) in [6.07, 6.45) is 3.37. The summed E-state index contributed by atoms with van der Waals surface area (Å²) in [5, 5.41) is 7.28. The molecule has 3 rings (SSSR count). The van der Waals surface area contributed by atoms with E-state index in [4.69, 9.17) is 10.5 Å². The number of hydrogen-bond acceptors (Lipinski definition) is 3. The van der Waals surface area contributed by atoms with E-state index in [1.165, 1.54) is 17.7 Å². The number of nitrogens with zero attached hydrogens (tertiary/aromatic N) is 1. The highest BCUT2D eigenvalue weighted by molar-refractivity contribution is 5.48. The van der Waals surface area contributed by atoms with Crippen LogP contribution in [0.2, 0.25) is 0 Å². The van der Waals surface area contributed by atoms with E-state index in [1.807, 2.05) is 0 Å². The Morgan fingerprint density at radius 3 is 3.13 bits per heavy atom. The lowest BCUT2D eigenvalue weighted by Crippen LogP contribution is -2.14. The molecule has 2 fully saturated rings. The molecule has 0 aromatic carbocycles. The number of ether oxygens (including phenoxy) is 1. The highest BCUT2D eigenvalue weighted by Crippen LogP contribution is 2.58. The molecule has 1 aliphatic heterocycles. The van der Waals surface area contributed by atoms with Gasteiger partial charge in [-0.1, -0.05) is 13.3 Å². The lowest BCUT2D eigenvalue weighted by atomic mass is 9.96. The smallest absolute Gasteiger partial charge is 0.148 e. The Morgan fingerprint density at radius 2 is 2.53 bits per heavy atom. The number of nitrogens with two attached hydrogens (primary N) is 1. The molecule has 2 atom stereocenters. The Balaban J connectivity index is 1.98. The first-order chi connectivity index (χ1) is 7.28. The molecule has 0 radical (unpaired) electrons. The molecule has 0 spiro atoms. The van der Waals surface area contributed by atoms with Gasteiger partial charge in [0.15, 0.2) is 0 Å². The Labute approximate surface area is 89.2 Å². The second kappa shape index (κ2) is 2.98. The number of anilines is 1. The molecule has 2 heterocycles. The van der Waals surface area contributed by atoms with Crippen molar-refractivity contribution in [2.24, 2.45) is 5.92 Å². The minimum absolute atomic E-state index is 0.245. The number of fused-ring (bicyclic) bond motifs is 1. The second-order valence-corrected chi connectivity index (χ2v) is 4.78. The van der Waals surface area contributed by atoms with E-state index in [9.17, 15) is 0 Å². The maximum absolute atomic E-state index is 5.89. The summed E-state index contributed by atoms with van der Waals surface area (Å²) in [5.41, 5.74) is 8.62. The molecule has 1 aliphatic carbocycles. The monoisotopic (exact) mass is 207 g/mol. The quantitative estimate of drug-likeness (QED) is 0.783. The lowest BCUT2D eigenvalue weighted by Gasteiger charge is -2.11. The molecule has 82 valence electrons. The molecule has 1 aromatic rings. The summed E-state index contributed by atoms with van der Waals surface area (Å²) in [6, 6.07) is 0. The van der Waals surface area contributed by atoms with Gasteiger partial charge in [-0.15, -0.1) is 0 Å². The van der Waals surface area contributed by atoms with Crippen molar-refractivity contribution in [3.8, 4) is 0 Å². The highest BCUT2D eigenvalue weighted by Gasteiger charge is 2.61. The number of nitrogen functional groups attached to an aromatic ring is 1. The normalized spacial score (nSPS) is 33.0. The molecule has 4 heteroatoms. The average molecular weight is 207 g/mol. The molecule has 1 saturated carbocycles. The number of H-pyrrole nitrogens is 1. The molecule has 1 saturated heterocycles. The fourth-order valence-electron chi connectivity index (χ4n) is 2.83. The molecular formula is C11H17N3O. The van der Waals surface area contributed by atoms with Crippen LogP contribution in [-0.4, -0.2) is 23.4 Å². The molecule has 2 unspecified atom stereocenters. The van der Waals surface area contributed by atoms with Crippen molar-refractivity contribution in [1.82, 2.24) is 10.2 Å². The maximum Gasteiger partial charge on any atom is 0.148 e. The Bertz CT molecular complexity index is 387. The number of aromatic nitrogens is 2. The summed E-state index contributed by atoms with van der Waals surface area (Å²) in [5.74, 6) is 1.38. The van der Waals surface area contributed by atoms with Crippen molar-refractivity contribution in [2.75, 3.05) is 18.9 Å². The van der Waals surface area contributed by atoms with Crippen LogP contribution in [0.1, 0.15) is 31.0 Å². The van der Waals surface area contributed by atoms with Crippen LogP contribution in [0, 0.1) is 5.92 Å². The van der Waals surface area contributed by atoms with Crippen LogP contribution in [0.4, 0.5) is 5.82 Å². The Morgan fingerprint density at radius 1 is 1.67 bits per heavy atom. The van der Waals surface area contributed by atoms with E-state index in [-0.39, 0.29) is 5.41 Å². The summed E-state index contributed by atoms with van der Waals surface area (Å²) >= 11 is 0. The van der Waals surface area contributed by atoms with Crippen molar-refractivity contribution >= 4 is 5.82 Å². The van der Waals surface area contributed by atoms with E-state index < -0.39 is 0 Å². The molecule has 15 heavy (non-hydrogen) atoms. The predicted octanol–water partition coefficient (Wildman–Crippen LogP) is 1.23. The topological polar surface area (TPSA) is 63.9 Å². The standard InChI is InChI=1S/C11H17N3O/c1-2-3-8-9(13-14-10(8)12)11-4-7(11)5-15-6-11/h7H,2-6H2,1H3,(H3,12,13,14). The van der Waals surface area contributed by atoms with Crippen LogP contribution in [0.5, 0.6) is 0 Å². The molecule has 1 aromatic heterocycles. The van der Waals surface area contributed by atoms with Gasteiger partial charge < -0.3 is 10.5 Å². The van der Waals surface area contributed by atoms with Gasteiger partial charge in [-0.2, -0.15) is 5.10 Å². The minimum atomic E-state index is 0.245. The summed E-state index contributed by atoms with van der Waals surface area (Å²) in [6.45, 7) is 3.92. The fraction of sp³-hybridized carbons (Fsp3) is 0.727. The van der Waals surface area contributed by atoms with Crippen molar-refractivity contribution in [3.63, 3.8) is 0 Å². The van der Waals surface area contributed by atoms with Gasteiger partial charge in [0, 0.05) is 16.7 Å². The maximum atomic E-state index is 5.89. The Kier molecular flexibility index (Phi) is 1.83. The Hall–Kier alpha value is -1.03. The van der Waals surface area contributed by atoms with Crippen molar-refractivity contribution in [3.05, 3.63) is 11.3 Å². The van der Waals surface area contributed by atoms with Gasteiger partial charge in [-0.05, 0) is 18.8 Å². The molecule has 0 amide bonds. The molecule has 3 N–H and O–H groups in total. The van der Waals surface area contributed by atoms with Gasteiger partial charge in [0.25, 0.3) is 0 Å². The second-order valence-electron chi connectivity index (χ2n) is 4.78. The van der Waals surface area contributed by atoms with Gasteiger partial charge in [0.2, 0.25) is 0 Å². The summed E-state index contributed by atoms with van der Waals surface area (Å²) < 4.78 is 5.52. The van der Waals surface area contributed by atoms with Gasteiger partial charge in [-0.3, -0.25) is 5.10 Å². The van der Waals surface area contributed by atoms with Gasteiger partial charge in [0.05, 0.1) is 13.2 Å². The molecule has 2 aliphatic rings. The van der Waals surface area contributed by atoms with Crippen LogP contribution >= 0.6 is 0 Å². The van der Waals surface area contributed by atoms with Crippen LogP contribution in [0.3, 0.4) is 0 Å². The third-order valence-electron chi connectivity index (χ3n) is 3.81. The zero-order valence-electron chi connectivity index (χ0n) is 9.05. The van der Waals surface area contributed by atoms with Gasteiger partial charge >= 0.3 is 0 Å². The van der Waals surface area contributed by atoms with E-state index >= 15 is 0 Å². The average Bonchev–Trinajstić information content (AvgIpc) is 2.60. The van der Waals surface area contributed by atoms with Crippen LogP contribution in [-0.2, 0) is 16.6 Å². The zero-order valence-corrected chi connectivity index (χ0v) is 9.05. The first-order valence-corrected chi connectivity index (χ1v) is 5.69. The predicted molar refractivity (Wildman–Crippen MR) is 57.6 cm³/mol. The first-order valence-electron chi connectivity index (χ1n) is 5.69. The van der Waals surface area contributed by atoms with Gasteiger partial charge in [0.1, 0.15) is 5.82 Å². The minimum Gasteiger partial charge on any atom is -0.382 e. The largest absolute Gasteiger partial charge is 0.382 e. The summed E-state index contributed by atoms with van der Waals surface area (Å²) in [7, 11) is 0. The van der Waals surface area contributed by atoms with Crippen molar-refractivity contribution < 1.29 is 4.74 Å². The van der Waals surface area contributed by atoms with Crippen LogP contribution < -0.4 is 5.73 Å². The third-order valence-corrected chi connectivity index (χ3v) is 3.81. The lowest BCUT2D eigenvalue weighted by molar-refractivity contribution is 0.159. The number of aromatic amines is 1. The highest BCUT2D eigenvalue weighted by atomic mass is 16.5. The summed E-state index contributed by atoms with van der Waals surface area (Å²) in [4.78, 5) is 0. The fourth-order valence-corrected chi connectivity index (χ4v) is 2.83. The van der Waals surface area contributed by atoms with E-state index in [0.29, 0.717) is 11.7 Å². The van der Waals surface area contributed by atoms with Crippen LogP contribution in [0.15, 0.2) is 0 Å². The number of rotatable bonds is 3. The van der Waals surface area contributed by atoms with Crippen molar-refractivity contribution in [1.29, 1.82) is 0 Å². The zero-order chi connectivity index (χ0) is 10.5. The number of nitrogens with one attached hydrogen (secondary N) is 1. The third kappa shape index (κ3) is 1.14. The van der Waals surface area contributed by atoms with E-state index in [1.54, 1.807) is 0 Å². The van der Waals surface area contributed by atoms with Gasteiger partial charge in [-0.25, -0.2) is 0 Å². The molecule has 0 bridgehead atoms.